The Morgan fingerprint density at radius 3 is 2.52 bits per heavy atom. The third kappa shape index (κ3) is 3.81. The number of hydrogen-bond acceptors (Lipinski definition) is 4. The fraction of sp³-hybridized carbons (Fsp3) is 0.474. The van der Waals surface area contributed by atoms with Gasteiger partial charge in [-0.25, -0.2) is 13.1 Å². The van der Waals surface area contributed by atoms with Crippen molar-refractivity contribution in [3.63, 3.8) is 0 Å². The summed E-state index contributed by atoms with van der Waals surface area (Å²) in [5, 5.41) is 1.48. The van der Waals surface area contributed by atoms with Crippen molar-refractivity contribution in [2.75, 3.05) is 26.7 Å². The highest BCUT2D eigenvalue weighted by Gasteiger charge is 2.26. The number of sulfonamides is 1. The van der Waals surface area contributed by atoms with Crippen molar-refractivity contribution in [3.05, 3.63) is 36.4 Å². The number of likely N-dealkylation sites (tertiary alicyclic amines) is 1. The molecule has 3 rings (SSSR count). The average Bonchev–Trinajstić information content (AvgIpc) is 2.91. The van der Waals surface area contributed by atoms with Crippen molar-refractivity contribution in [3.8, 4) is 5.75 Å². The zero-order valence-electron chi connectivity index (χ0n) is 15.0. The van der Waals surface area contributed by atoms with Crippen molar-refractivity contribution in [1.29, 1.82) is 0 Å². The highest BCUT2D eigenvalue weighted by atomic mass is 32.2. The van der Waals surface area contributed by atoms with Gasteiger partial charge in [-0.1, -0.05) is 31.2 Å². The molecule has 1 saturated heterocycles. The zero-order chi connectivity index (χ0) is 18.0. The van der Waals surface area contributed by atoms with Gasteiger partial charge < -0.3 is 4.74 Å². The second-order valence-corrected chi connectivity index (χ2v) is 8.63. The average molecular weight is 362 g/mol. The molecule has 0 amide bonds. The molecule has 1 fully saturated rings. The predicted octanol–water partition coefficient (Wildman–Crippen LogP) is 2.86. The summed E-state index contributed by atoms with van der Waals surface area (Å²) in [4.78, 5) is 2.64. The molecular weight excluding hydrogens is 336 g/mol. The Morgan fingerprint density at radius 1 is 1.16 bits per heavy atom. The van der Waals surface area contributed by atoms with Gasteiger partial charge in [0, 0.05) is 36.4 Å². The number of fused-ring (bicyclic) bond motifs is 1. The molecule has 0 radical (unpaired) electrons. The molecule has 0 bridgehead atoms. The van der Waals surface area contributed by atoms with Gasteiger partial charge in [0.05, 0.1) is 12.0 Å². The quantitative estimate of drug-likeness (QED) is 0.858. The predicted molar refractivity (Wildman–Crippen MR) is 101 cm³/mol. The third-order valence-electron chi connectivity index (χ3n) is 4.96. The first-order chi connectivity index (χ1) is 11.9. The molecule has 2 aromatic rings. The number of rotatable bonds is 6. The second kappa shape index (κ2) is 7.32. The molecule has 1 N–H and O–H groups in total. The SMILES string of the molecule is COc1ccc(S(=O)(=O)NCCN2C[C@@H](C)C[C@H]2C)c2ccccc12. The van der Waals surface area contributed by atoms with Gasteiger partial charge in [0.1, 0.15) is 5.75 Å². The van der Waals surface area contributed by atoms with E-state index in [0.717, 1.165) is 18.5 Å². The molecule has 0 aromatic heterocycles. The fourth-order valence-corrected chi connectivity index (χ4v) is 4.99. The molecule has 2 aromatic carbocycles. The smallest absolute Gasteiger partial charge is 0.241 e. The van der Waals surface area contributed by atoms with Crippen molar-refractivity contribution in [2.45, 2.75) is 31.2 Å². The van der Waals surface area contributed by atoms with E-state index in [9.17, 15) is 8.42 Å². The third-order valence-corrected chi connectivity index (χ3v) is 6.48. The minimum absolute atomic E-state index is 0.298. The van der Waals surface area contributed by atoms with E-state index in [1.54, 1.807) is 19.2 Å². The van der Waals surface area contributed by atoms with Crippen molar-refractivity contribution in [2.24, 2.45) is 5.92 Å². The van der Waals surface area contributed by atoms with Gasteiger partial charge in [-0.15, -0.1) is 0 Å². The highest BCUT2D eigenvalue weighted by molar-refractivity contribution is 7.89. The van der Waals surface area contributed by atoms with Crippen LogP contribution >= 0.6 is 0 Å². The Bertz CT molecular complexity index is 851. The van der Waals surface area contributed by atoms with E-state index in [0.29, 0.717) is 34.5 Å². The summed E-state index contributed by atoms with van der Waals surface area (Å²) >= 11 is 0. The molecule has 2 atom stereocenters. The zero-order valence-corrected chi connectivity index (χ0v) is 15.8. The van der Waals surface area contributed by atoms with E-state index < -0.39 is 10.0 Å². The van der Waals surface area contributed by atoms with Gasteiger partial charge in [0.25, 0.3) is 0 Å². The molecule has 5 nitrogen and oxygen atoms in total. The molecule has 0 unspecified atom stereocenters. The van der Waals surface area contributed by atoms with E-state index in [4.69, 9.17) is 4.74 Å². The lowest BCUT2D eigenvalue weighted by molar-refractivity contribution is 0.270. The summed E-state index contributed by atoms with van der Waals surface area (Å²) in [6.07, 6.45) is 1.18. The van der Waals surface area contributed by atoms with E-state index in [1.165, 1.54) is 6.42 Å². The first-order valence-electron chi connectivity index (χ1n) is 8.72. The fourth-order valence-electron chi connectivity index (χ4n) is 3.76. The van der Waals surface area contributed by atoms with E-state index in [-0.39, 0.29) is 0 Å². The number of ether oxygens (including phenoxy) is 1. The Morgan fingerprint density at radius 2 is 1.88 bits per heavy atom. The molecule has 0 saturated carbocycles. The molecule has 6 heteroatoms. The van der Waals surface area contributed by atoms with Crippen LogP contribution in [0.5, 0.6) is 5.75 Å². The number of nitrogens with zero attached hydrogens (tertiary/aromatic N) is 1. The Balaban J connectivity index is 1.78. The first kappa shape index (κ1) is 18.2. The van der Waals surface area contributed by atoms with Crippen LogP contribution in [0.1, 0.15) is 20.3 Å². The lowest BCUT2D eigenvalue weighted by atomic mass is 10.1. The molecule has 1 aliphatic heterocycles. The standard InChI is InChI=1S/C19H26N2O3S/c1-14-12-15(2)21(13-14)11-10-20-25(22,23)19-9-8-18(24-3)16-6-4-5-7-17(16)19/h4-9,14-15,20H,10-13H2,1-3H3/t14-,15+/m0/s1. The van der Waals surface area contributed by atoms with E-state index in [2.05, 4.69) is 23.5 Å². The number of benzene rings is 2. The van der Waals surface area contributed by atoms with Crippen LogP contribution in [-0.4, -0.2) is 46.1 Å². The largest absolute Gasteiger partial charge is 0.496 e. The normalized spacial score (nSPS) is 21.7. The molecule has 0 spiro atoms. The lowest BCUT2D eigenvalue weighted by Crippen LogP contribution is -2.36. The molecular formula is C19H26N2O3S. The number of hydrogen-bond donors (Lipinski definition) is 1. The number of methoxy groups -OCH3 is 1. The summed E-state index contributed by atoms with van der Waals surface area (Å²) in [5.74, 6) is 1.35. The van der Waals surface area contributed by atoms with Crippen LogP contribution in [0.2, 0.25) is 0 Å². The van der Waals surface area contributed by atoms with Crippen molar-refractivity contribution >= 4 is 20.8 Å². The molecule has 1 heterocycles. The summed E-state index contributed by atoms with van der Waals surface area (Å²) in [6.45, 7) is 6.63. The van der Waals surface area contributed by atoms with Crippen LogP contribution < -0.4 is 9.46 Å². The number of nitrogens with one attached hydrogen (secondary N) is 1. The molecule has 1 aliphatic rings. The summed E-state index contributed by atoms with van der Waals surface area (Å²) in [5.41, 5.74) is 0. The van der Waals surface area contributed by atoms with Crippen LogP contribution in [0.4, 0.5) is 0 Å². The summed E-state index contributed by atoms with van der Waals surface area (Å²) in [6, 6.07) is 11.3. The van der Waals surface area contributed by atoms with E-state index >= 15 is 0 Å². The monoisotopic (exact) mass is 362 g/mol. The Kier molecular flexibility index (Phi) is 5.32. The van der Waals surface area contributed by atoms with Gasteiger partial charge in [0.15, 0.2) is 0 Å². The Hall–Kier alpha value is -1.63. The second-order valence-electron chi connectivity index (χ2n) is 6.89. The first-order valence-corrected chi connectivity index (χ1v) is 10.2. The van der Waals surface area contributed by atoms with Crippen LogP contribution in [0.3, 0.4) is 0 Å². The van der Waals surface area contributed by atoms with E-state index in [1.807, 2.05) is 24.3 Å². The van der Waals surface area contributed by atoms with Crippen LogP contribution in [0, 0.1) is 5.92 Å². The maximum Gasteiger partial charge on any atom is 0.241 e. The van der Waals surface area contributed by atoms with Gasteiger partial charge in [-0.3, -0.25) is 4.90 Å². The topological polar surface area (TPSA) is 58.6 Å². The minimum atomic E-state index is -3.57. The van der Waals surface area contributed by atoms with Crippen molar-refractivity contribution in [1.82, 2.24) is 9.62 Å². The molecule has 0 aliphatic carbocycles. The Labute approximate surface area is 150 Å². The summed E-state index contributed by atoms with van der Waals surface area (Å²) in [7, 11) is -1.98. The summed E-state index contributed by atoms with van der Waals surface area (Å²) < 4.78 is 33.7. The molecule has 136 valence electrons. The van der Waals surface area contributed by atoms with Gasteiger partial charge in [-0.05, 0) is 31.4 Å². The maximum absolute atomic E-state index is 12.8. The van der Waals surface area contributed by atoms with Crippen LogP contribution in [-0.2, 0) is 10.0 Å². The van der Waals surface area contributed by atoms with Gasteiger partial charge in [-0.2, -0.15) is 0 Å². The molecule has 25 heavy (non-hydrogen) atoms. The van der Waals surface area contributed by atoms with Gasteiger partial charge >= 0.3 is 0 Å². The van der Waals surface area contributed by atoms with Gasteiger partial charge in [0.2, 0.25) is 10.0 Å². The van der Waals surface area contributed by atoms with Crippen molar-refractivity contribution < 1.29 is 13.2 Å². The lowest BCUT2D eigenvalue weighted by Gasteiger charge is -2.21. The highest BCUT2D eigenvalue weighted by Crippen LogP contribution is 2.30. The van der Waals surface area contributed by atoms with Crippen LogP contribution in [0.25, 0.3) is 10.8 Å². The maximum atomic E-state index is 12.8. The minimum Gasteiger partial charge on any atom is -0.496 e. The van der Waals surface area contributed by atoms with Crippen LogP contribution in [0.15, 0.2) is 41.3 Å².